The minimum absolute atomic E-state index is 0. The van der Waals surface area contributed by atoms with Gasteiger partial charge in [-0.25, -0.2) is 4.39 Å². The Morgan fingerprint density at radius 3 is 2.69 bits per heavy atom. The summed E-state index contributed by atoms with van der Waals surface area (Å²) in [7, 11) is 0. The van der Waals surface area contributed by atoms with Crippen molar-refractivity contribution < 1.29 is 9.13 Å². The summed E-state index contributed by atoms with van der Waals surface area (Å²) in [5, 5.41) is 0. The van der Waals surface area contributed by atoms with Gasteiger partial charge in [-0.3, -0.25) is 0 Å². The summed E-state index contributed by atoms with van der Waals surface area (Å²) in [6, 6.07) is 4.59. The van der Waals surface area contributed by atoms with Crippen LogP contribution in [0.2, 0.25) is 0 Å². The topological polar surface area (TPSA) is 35.2 Å². The highest BCUT2D eigenvalue weighted by Crippen LogP contribution is 2.21. The monoisotopic (exact) mass is 247 g/mol. The SMILES string of the molecule is CCCOc1ccc(F)cc1CC(C)N.Cl. The van der Waals surface area contributed by atoms with E-state index in [0.29, 0.717) is 13.0 Å². The lowest BCUT2D eigenvalue weighted by molar-refractivity contribution is 0.313. The zero-order chi connectivity index (χ0) is 11.3. The van der Waals surface area contributed by atoms with Crippen LogP contribution in [0.1, 0.15) is 25.8 Å². The van der Waals surface area contributed by atoms with Crippen molar-refractivity contribution in [3.8, 4) is 5.75 Å². The maximum atomic E-state index is 13.0. The first-order chi connectivity index (χ1) is 7.13. The molecule has 0 amide bonds. The number of hydrogen-bond acceptors (Lipinski definition) is 2. The van der Waals surface area contributed by atoms with Gasteiger partial charge in [-0.2, -0.15) is 0 Å². The maximum absolute atomic E-state index is 13.0. The van der Waals surface area contributed by atoms with Crippen molar-refractivity contribution in [2.75, 3.05) is 6.61 Å². The van der Waals surface area contributed by atoms with Gasteiger partial charge in [0.1, 0.15) is 11.6 Å². The Labute approximate surface area is 102 Å². The van der Waals surface area contributed by atoms with Crippen molar-refractivity contribution in [2.24, 2.45) is 5.73 Å². The molecule has 0 fully saturated rings. The van der Waals surface area contributed by atoms with Gasteiger partial charge >= 0.3 is 0 Å². The zero-order valence-corrected chi connectivity index (χ0v) is 10.5. The molecule has 0 saturated carbocycles. The van der Waals surface area contributed by atoms with Crippen LogP contribution in [0, 0.1) is 5.82 Å². The average molecular weight is 248 g/mol. The third kappa shape index (κ3) is 4.81. The smallest absolute Gasteiger partial charge is 0.123 e. The average Bonchev–Trinajstić information content (AvgIpc) is 2.16. The summed E-state index contributed by atoms with van der Waals surface area (Å²) < 4.78 is 18.5. The molecule has 2 N–H and O–H groups in total. The van der Waals surface area contributed by atoms with E-state index in [4.69, 9.17) is 10.5 Å². The number of benzene rings is 1. The molecular weight excluding hydrogens is 229 g/mol. The van der Waals surface area contributed by atoms with E-state index in [9.17, 15) is 4.39 Å². The summed E-state index contributed by atoms with van der Waals surface area (Å²) in [6.07, 6.45) is 1.58. The summed E-state index contributed by atoms with van der Waals surface area (Å²) >= 11 is 0. The van der Waals surface area contributed by atoms with Gasteiger partial charge in [0, 0.05) is 6.04 Å². The Balaban J connectivity index is 0.00000225. The van der Waals surface area contributed by atoms with Gasteiger partial charge in [-0.1, -0.05) is 6.92 Å². The Morgan fingerprint density at radius 1 is 1.44 bits per heavy atom. The van der Waals surface area contributed by atoms with E-state index in [2.05, 4.69) is 0 Å². The second-order valence-electron chi connectivity index (χ2n) is 3.78. The molecule has 0 spiro atoms. The highest BCUT2D eigenvalue weighted by atomic mass is 35.5. The van der Waals surface area contributed by atoms with E-state index in [-0.39, 0.29) is 24.3 Å². The van der Waals surface area contributed by atoms with E-state index in [1.807, 2.05) is 13.8 Å². The van der Waals surface area contributed by atoms with Crippen molar-refractivity contribution in [1.82, 2.24) is 0 Å². The van der Waals surface area contributed by atoms with E-state index in [1.165, 1.54) is 12.1 Å². The Bertz CT molecular complexity index is 318. The lowest BCUT2D eigenvalue weighted by Gasteiger charge is -2.12. The molecule has 0 aliphatic heterocycles. The molecular formula is C12H19ClFNO. The second kappa shape index (κ2) is 7.47. The molecule has 1 atom stereocenters. The minimum Gasteiger partial charge on any atom is -0.493 e. The van der Waals surface area contributed by atoms with Gasteiger partial charge in [0.25, 0.3) is 0 Å². The van der Waals surface area contributed by atoms with Gasteiger partial charge in [0.05, 0.1) is 6.61 Å². The first-order valence-electron chi connectivity index (χ1n) is 5.30. The number of ether oxygens (including phenoxy) is 1. The molecule has 2 nitrogen and oxygen atoms in total. The van der Waals surface area contributed by atoms with Crippen molar-refractivity contribution in [3.63, 3.8) is 0 Å². The van der Waals surface area contributed by atoms with Crippen LogP contribution in [0.5, 0.6) is 5.75 Å². The number of hydrogen-bond donors (Lipinski definition) is 1. The molecule has 0 aromatic heterocycles. The van der Waals surface area contributed by atoms with Gasteiger partial charge in [-0.15, -0.1) is 12.4 Å². The standard InChI is InChI=1S/C12H18FNO.ClH/c1-3-6-15-12-5-4-11(13)8-10(12)7-9(2)14;/h4-5,8-9H,3,6-7,14H2,1-2H3;1H. The zero-order valence-electron chi connectivity index (χ0n) is 9.70. The van der Waals surface area contributed by atoms with Crippen molar-refractivity contribution in [1.29, 1.82) is 0 Å². The van der Waals surface area contributed by atoms with Crippen LogP contribution in [-0.2, 0) is 6.42 Å². The van der Waals surface area contributed by atoms with Gasteiger partial charge in [-0.05, 0) is 43.5 Å². The number of nitrogens with two attached hydrogens (primary N) is 1. The van der Waals surface area contributed by atoms with Crippen molar-refractivity contribution >= 4 is 12.4 Å². The summed E-state index contributed by atoms with van der Waals surface area (Å²) in [5.41, 5.74) is 6.54. The fraction of sp³-hybridized carbons (Fsp3) is 0.500. The molecule has 0 aliphatic carbocycles. The molecule has 92 valence electrons. The molecule has 1 unspecified atom stereocenters. The summed E-state index contributed by atoms with van der Waals surface area (Å²) in [6.45, 7) is 4.58. The lowest BCUT2D eigenvalue weighted by Crippen LogP contribution is -2.18. The summed E-state index contributed by atoms with van der Waals surface area (Å²) in [4.78, 5) is 0. The molecule has 0 bridgehead atoms. The molecule has 0 radical (unpaired) electrons. The van der Waals surface area contributed by atoms with Crippen LogP contribution in [0.3, 0.4) is 0 Å². The maximum Gasteiger partial charge on any atom is 0.123 e. The van der Waals surface area contributed by atoms with Crippen LogP contribution < -0.4 is 10.5 Å². The minimum atomic E-state index is -0.241. The molecule has 0 saturated heterocycles. The Kier molecular flexibility index (Phi) is 7.10. The molecule has 16 heavy (non-hydrogen) atoms. The predicted molar refractivity (Wildman–Crippen MR) is 66.8 cm³/mol. The van der Waals surface area contributed by atoms with Crippen LogP contribution in [0.4, 0.5) is 4.39 Å². The number of rotatable bonds is 5. The number of halogens is 2. The molecule has 0 heterocycles. The molecule has 0 aliphatic rings. The van der Waals surface area contributed by atoms with Crippen molar-refractivity contribution in [3.05, 3.63) is 29.6 Å². The van der Waals surface area contributed by atoms with Gasteiger partial charge < -0.3 is 10.5 Å². The highest BCUT2D eigenvalue weighted by Gasteiger charge is 2.07. The van der Waals surface area contributed by atoms with Crippen LogP contribution >= 0.6 is 12.4 Å². The molecule has 1 aromatic carbocycles. The van der Waals surface area contributed by atoms with E-state index in [1.54, 1.807) is 6.07 Å². The quantitative estimate of drug-likeness (QED) is 0.868. The summed E-state index contributed by atoms with van der Waals surface area (Å²) in [5.74, 6) is 0.505. The first kappa shape index (κ1) is 15.2. The molecule has 4 heteroatoms. The van der Waals surface area contributed by atoms with E-state index >= 15 is 0 Å². The Hall–Kier alpha value is -0.800. The highest BCUT2D eigenvalue weighted by molar-refractivity contribution is 5.85. The lowest BCUT2D eigenvalue weighted by atomic mass is 10.1. The fourth-order valence-electron chi connectivity index (χ4n) is 1.41. The third-order valence-electron chi connectivity index (χ3n) is 2.03. The van der Waals surface area contributed by atoms with Crippen LogP contribution in [0.25, 0.3) is 0 Å². The second-order valence-corrected chi connectivity index (χ2v) is 3.78. The van der Waals surface area contributed by atoms with E-state index in [0.717, 1.165) is 17.7 Å². The molecule has 1 aromatic rings. The van der Waals surface area contributed by atoms with Crippen LogP contribution in [-0.4, -0.2) is 12.6 Å². The third-order valence-corrected chi connectivity index (χ3v) is 2.03. The Morgan fingerprint density at radius 2 is 2.12 bits per heavy atom. The predicted octanol–water partition coefficient (Wildman–Crippen LogP) is 2.93. The van der Waals surface area contributed by atoms with E-state index < -0.39 is 0 Å². The first-order valence-corrected chi connectivity index (χ1v) is 5.30. The van der Waals surface area contributed by atoms with Crippen LogP contribution in [0.15, 0.2) is 18.2 Å². The fourth-order valence-corrected chi connectivity index (χ4v) is 1.41. The normalized spacial score (nSPS) is 11.8. The van der Waals surface area contributed by atoms with Gasteiger partial charge in [0.2, 0.25) is 0 Å². The molecule has 1 rings (SSSR count). The largest absolute Gasteiger partial charge is 0.493 e. The van der Waals surface area contributed by atoms with Crippen molar-refractivity contribution in [2.45, 2.75) is 32.7 Å². The van der Waals surface area contributed by atoms with Gasteiger partial charge in [0.15, 0.2) is 0 Å².